The predicted molar refractivity (Wildman–Crippen MR) is 190 cm³/mol. The van der Waals surface area contributed by atoms with Crippen LogP contribution in [0.5, 0.6) is 0 Å². The average Bonchev–Trinajstić information content (AvgIpc) is 3.04. The third-order valence-electron chi connectivity index (χ3n) is 8.46. The molecule has 2 nitrogen and oxygen atoms in total. The Morgan fingerprint density at radius 2 is 0.636 bits per heavy atom. The average molecular weight is 569 g/mol. The Morgan fingerprint density at radius 3 is 0.977 bits per heavy atom. The fraction of sp³-hybridized carbons (Fsp3) is 0.0952. The lowest BCUT2D eigenvalue weighted by molar-refractivity contribution is 1.27. The van der Waals surface area contributed by atoms with Gasteiger partial charge in [0.15, 0.2) is 0 Å². The van der Waals surface area contributed by atoms with Crippen molar-refractivity contribution in [3.05, 3.63) is 168 Å². The lowest BCUT2D eigenvalue weighted by Gasteiger charge is -2.33. The molecular weight excluding hydrogens is 532 g/mol. The third kappa shape index (κ3) is 4.99. The first-order valence-corrected chi connectivity index (χ1v) is 15.3. The Kier molecular flexibility index (Phi) is 7.12. The third-order valence-corrected chi connectivity index (χ3v) is 8.46. The number of fused-ring (bicyclic) bond motifs is 2. The number of aryl methyl sites for hydroxylation is 4. The highest BCUT2D eigenvalue weighted by molar-refractivity contribution is 6.23. The standard InChI is InChI=1S/C42H36N2/c1-29-16-22-33(23-17-29)43(34-24-18-30(2)19-25-34)41-37-12-5-7-14-39(37)42(40-15-8-6-13-38(40)41)44(35-26-20-31(3)21-27-35)36-11-9-10-32(4)28-36/h5-28H,1-4H3. The summed E-state index contributed by atoms with van der Waals surface area (Å²) in [5.74, 6) is 0. The number of nitrogens with zero attached hydrogens (tertiary/aromatic N) is 2. The van der Waals surface area contributed by atoms with E-state index in [1.165, 1.54) is 55.2 Å². The molecule has 0 aliphatic carbocycles. The molecule has 0 fully saturated rings. The maximum Gasteiger partial charge on any atom is 0.0619 e. The molecule has 7 aromatic carbocycles. The van der Waals surface area contributed by atoms with E-state index in [1.54, 1.807) is 0 Å². The Morgan fingerprint density at radius 1 is 0.295 bits per heavy atom. The summed E-state index contributed by atoms with van der Waals surface area (Å²) in [6.07, 6.45) is 0. The minimum Gasteiger partial charge on any atom is -0.309 e. The SMILES string of the molecule is Cc1ccc(N(c2ccc(C)cc2)c2c3ccccc3c(N(c3ccc(C)cc3)c3cccc(C)c3)c3ccccc23)cc1. The van der Waals surface area contributed by atoms with Gasteiger partial charge in [0.1, 0.15) is 0 Å². The van der Waals surface area contributed by atoms with E-state index in [1.807, 2.05) is 0 Å². The van der Waals surface area contributed by atoms with Crippen molar-refractivity contribution in [1.82, 2.24) is 0 Å². The number of rotatable bonds is 6. The van der Waals surface area contributed by atoms with Crippen LogP contribution < -0.4 is 9.80 Å². The van der Waals surface area contributed by atoms with Gasteiger partial charge in [0.25, 0.3) is 0 Å². The quantitative estimate of drug-likeness (QED) is 0.145. The smallest absolute Gasteiger partial charge is 0.0619 e. The van der Waals surface area contributed by atoms with Gasteiger partial charge in [-0.15, -0.1) is 0 Å². The van der Waals surface area contributed by atoms with Gasteiger partial charge in [0.05, 0.1) is 11.4 Å². The summed E-state index contributed by atoms with van der Waals surface area (Å²) < 4.78 is 0. The first-order valence-electron chi connectivity index (χ1n) is 15.3. The second-order valence-corrected chi connectivity index (χ2v) is 11.8. The van der Waals surface area contributed by atoms with Crippen molar-refractivity contribution in [3.63, 3.8) is 0 Å². The zero-order chi connectivity index (χ0) is 30.2. The van der Waals surface area contributed by atoms with Crippen LogP contribution in [0.1, 0.15) is 22.3 Å². The summed E-state index contributed by atoms with van der Waals surface area (Å²) in [5.41, 5.74) is 11.9. The van der Waals surface area contributed by atoms with E-state index < -0.39 is 0 Å². The van der Waals surface area contributed by atoms with Gasteiger partial charge in [0.2, 0.25) is 0 Å². The number of anilines is 6. The van der Waals surface area contributed by atoms with E-state index >= 15 is 0 Å². The van der Waals surface area contributed by atoms with Gasteiger partial charge in [-0.05, 0) is 81.8 Å². The Labute approximate surface area is 260 Å². The summed E-state index contributed by atoms with van der Waals surface area (Å²) in [6.45, 7) is 8.59. The molecule has 0 aromatic heterocycles. The molecule has 0 atom stereocenters. The van der Waals surface area contributed by atoms with Crippen molar-refractivity contribution in [1.29, 1.82) is 0 Å². The zero-order valence-electron chi connectivity index (χ0n) is 25.8. The van der Waals surface area contributed by atoms with Crippen LogP contribution in [-0.2, 0) is 0 Å². The van der Waals surface area contributed by atoms with Gasteiger partial charge in [0, 0.05) is 44.3 Å². The summed E-state index contributed by atoms with van der Waals surface area (Å²) in [5, 5.41) is 4.80. The normalized spacial score (nSPS) is 11.2. The molecule has 7 rings (SSSR count). The fourth-order valence-corrected chi connectivity index (χ4v) is 6.23. The maximum atomic E-state index is 2.43. The largest absolute Gasteiger partial charge is 0.309 e. The van der Waals surface area contributed by atoms with E-state index in [9.17, 15) is 0 Å². The van der Waals surface area contributed by atoms with Gasteiger partial charge in [-0.25, -0.2) is 0 Å². The molecule has 214 valence electrons. The minimum absolute atomic E-state index is 1.14. The van der Waals surface area contributed by atoms with Gasteiger partial charge in [-0.1, -0.05) is 114 Å². The van der Waals surface area contributed by atoms with Crippen LogP contribution in [0.3, 0.4) is 0 Å². The van der Waals surface area contributed by atoms with Crippen molar-refractivity contribution in [3.8, 4) is 0 Å². The molecule has 44 heavy (non-hydrogen) atoms. The van der Waals surface area contributed by atoms with E-state index in [2.05, 4.69) is 183 Å². The maximum absolute atomic E-state index is 2.43. The predicted octanol–water partition coefficient (Wildman–Crippen LogP) is 12.2. The molecule has 0 radical (unpaired) electrons. The van der Waals surface area contributed by atoms with Crippen LogP contribution >= 0.6 is 0 Å². The van der Waals surface area contributed by atoms with E-state index in [0.717, 1.165) is 22.7 Å². The van der Waals surface area contributed by atoms with Crippen LogP contribution in [0, 0.1) is 27.7 Å². The lowest BCUT2D eigenvalue weighted by Crippen LogP contribution is -2.14. The molecule has 0 saturated carbocycles. The highest BCUT2D eigenvalue weighted by atomic mass is 15.2. The highest BCUT2D eigenvalue weighted by Gasteiger charge is 2.25. The molecule has 0 N–H and O–H groups in total. The van der Waals surface area contributed by atoms with Crippen molar-refractivity contribution in [2.24, 2.45) is 0 Å². The van der Waals surface area contributed by atoms with Crippen LogP contribution in [0.2, 0.25) is 0 Å². The number of hydrogen-bond donors (Lipinski definition) is 0. The molecule has 0 saturated heterocycles. The van der Waals surface area contributed by atoms with E-state index in [0.29, 0.717) is 0 Å². The summed E-state index contributed by atoms with van der Waals surface area (Å²) in [7, 11) is 0. The van der Waals surface area contributed by atoms with Gasteiger partial charge in [-0.2, -0.15) is 0 Å². The molecule has 0 heterocycles. The first-order chi connectivity index (χ1) is 21.5. The topological polar surface area (TPSA) is 6.48 Å². The second-order valence-electron chi connectivity index (χ2n) is 11.8. The summed E-state index contributed by atoms with van der Waals surface area (Å²) >= 11 is 0. The van der Waals surface area contributed by atoms with Crippen molar-refractivity contribution in [2.75, 3.05) is 9.80 Å². The van der Waals surface area contributed by atoms with Gasteiger partial charge >= 0.3 is 0 Å². The van der Waals surface area contributed by atoms with Crippen LogP contribution in [-0.4, -0.2) is 0 Å². The molecule has 7 aromatic rings. The van der Waals surface area contributed by atoms with Crippen molar-refractivity contribution in [2.45, 2.75) is 27.7 Å². The molecule has 0 aliphatic heterocycles. The molecule has 0 amide bonds. The van der Waals surface area contributed by atoms with E-state index in [-0.39, 0.29) is 0 Å². The fourth-order valence-electron chi connectivity index (χ4n) is 6.23. The van der Waals surface area contributed by atoms with Crippen molar-refractivity contribution < 1.29 is 0 Å². The van der Waals surface area contributed by atoms with Crippen LogP contribution in [0.25, 0.3) is 21.5 Å². The Balaban J connectivity index is 1.61. The Hall–Kier alpha value is -5.34. The van der Waals surface area contributed by atoms with Gasteiger partial charge in [-0.3, -0.25) is 0 Å². The molecule has 0 spiro atoms. The number of hydrogen-bond acceptors (Lipinski definition) is 2. The molecule has 0 bridgehead atoms. The molecule has 0 aliphatic rings. The zero-order valence-corrected chi connectivity index (χ0v) is 25.8. The van der Waals surface area contributed by atoms with Gasteiger partial charge < -0.3 is 9.80 Å². The summed E-state index contributed by atoms with van der Waals surface area (Å²) in [6, 6.07) is 53.2. The first kappa shape index (κ1) is 27.5. The molecule has 2 heteroatoms. The molecule has 0 unspecified atom stereocenters. The van der Waals surface area contributed by atoms with E-state index in [4.69, 9.17) is 0 Å². The number of benzene rings is 7. The minimum atomic E-state index is 1.14. The molecular formula is C42H36N2. The highest BCUT2D eigenvalue weighted by Crippen LogP contribution is 2.50. The Bertz CT molecular complexity index is 1990. The summed E-state index contributed by atoms with van der Waals surface area (Å²) in [4.78, 5) is 4.86. The van der Waals surface area contributed by atoms with Crippen LogP contribution in [0.15, 0.2) is 146 Å². The van der Waals surface area contributed by atoms with Crippen LogP contribution in [0.4, 0.5) is 34.1 Å². The monoisotopic (exact) mass is 568 g/mol. The van der Waals surface area contributed by atoms with Crippen molar-refractivity contribution >= 4 is 55.7 Å². The lowest BCUT2D eigenvalue weighted by atomic mass is 9.95. The second kappa shape index (κ2) is 11.4.